The minimum absolute atomic E-state index is 0.837. The zero-order valence-corrected chi connectivity index (χ0v) is 7.34. The molecule has 0 aliphatic heterocycles. The lowest BCUT2D eigenvalue weighted by Gasteiger charge is -1.72. The average Bonchev–Trinajstić information content (AvgIpc) is 1.81. The monoisotopic (exact) mass is 234 g/mol. The molecule has 0 fully saturated rings. The standard InChI is InChI=1S/C6H4Br2/c7-5-3-1-2-4-6-8/h1-2H2. The smallest absolute Gasteiger partial charge is 0.0208 e. The van der Waals surface area contributed by atoms with Crippen molar-refractivity contribution >= 4 is 31.9 Å². The van der Waals surface area contributed by atoms with Crippen molar-refractivity contribution in [2.75, 3.05) is 0 Å². The van der Waals surface area contributed by atoms with Crippen LogP contribution in [0.2, 0.25) is 0 Å². The summed E-state index contributed by atoms with van der Waals surface area (Å²) < 4.78 is 0. The van der Waals surface area contributed by atoms with Gasteiger partial charge in [0.05, 0.1) is 0 Å². The highest BCUT2D eigenvalue weighted by Crippen LogP contribution is 1.84. The van der Waals surface area contributed by atoms with Gasteiger partial charge in [0.1, 0.15) is 0 Å². The van der Waals surface area contributed by atoms with E-state index in [0.717, 1.165) is 12.8 Å². The Labute approximate surface area is 66.3 Å². The molecule has 0 atom stereocenters. The molecule has 0 rings (SSSR count). The molecule has 0 aliphatic carbocycles. The largest absolute Gasteiger partial charge is 0.0898 e. The van der Waals surface area contributed by atoms with E-state index in [1.54, 1.807) is 0 Å². The first-order chi connectivity index (χ1) is 3.91. The summed E-state index contributed by atoms with van der Waals surface area (Å²) in [5.41, 5.74) is 0. The van der Waals surface area contributed by atoms with E-state index in [4.69, 9.17) is 0 Å². The minimum Gasteiger partial charge on any atom is -0.0898 e. The summed E-state index contributed by atoms with van der Waals surface area (Å²) in [7, 11) is 0. The molecule has 0 saturated carbocycles. The van der Waals surface area contributed by atoms with E-state index in [9.17, 15) is 0 Å². The second-order valence-electron chi connectivity index (χ2n) is 1.04. The molecular formula is C6H4Br2. The highest BCUT2D eigenvalue weighted by atomic mass is 79.9. The Bertz CT molecular complexity index is 131. The Morgan fingerprint density at radius 2 is 1.25 bits per heavy atom. The molecule has 0 nitrogen and oxygen atoms in total. The molecular weight excluding hydrogens is 232 g/mol. The normalized spacial score (nSPS) is 5.75. The van der Waals surface area contributed by atoms with Crippen LogP contribution < -0.4 is 0 Å². The molecule has 42 valence electrons. The fraction of sp³-hybridized carbons (Fsp3) is 0.333. The summed E-state index contributed by atoms with van der Waals surface area (Å²) >= 11 is 5.96. The third-order valence-corrected chi connectivity index (χ3v) is 1.07. The first kappa shape index (κ1) is 8.08. The van der Waals surface area contributed by atoms with Gasteiger partial charge in [0, 0.05) is 44.7 Å². The van der Waals surface area contributed by atoms with Crippen LogP contribution in [0.25, 0.3) is 0 Å². The van der Waals surface area contributed by atoms with Crippen molar-refractivity contribution in [3.8, 4) is 21.5 Å². The van der Waals surface area contributed by atoms with Gasteiger partial charge < -0.3 is 0 Å². The summed E-state index contributed by atoms with van der Waals surface area (Å²) in [4.78, 5) is 5.21. The van der Waals surface area contributed by atoms with E-state index in [-0.39, 0.29) is 0 Å². The van der Waals surface area contributed by atoms with E-state index in [1.807, 2.05) is 0 Å². The molecule has 0 aliphatic rings. The maximum Gasteiger partial charge on any atom is 0.0208 e. The van der Waals surface area contributed by atoms with Gasteiger partial charge in [-0.25, -0.2) is 0 Å². The van der Waals surface area contributed by atoms with Crippen molar-refractivity contribution in [2.24, 2.45) is 0 Å². The fourth-order valence-corrected chi connectivity index (χ4v) is 0.616. The van der Waals surface area contributed by atoms with Gasteiger partial charge in [0.2, 0.25) is 0 Å². The van der Waals surface area contributed by atoms with E-state index >= 15 is 0 Å². The minimum atomic E-state index is 0.837. The van der Waals surface area contributed by atoms with E-state index < -0.39 is 0 Å². The molecule has 8 heavy (non-hydrogen) atoms. The molecule has 0 radical (unpaired) electrons. The van der Waals surface area contributed by atoms with Crippen LogP contribution in [0.15, 0.2) is 0 Å². The lowest BCUT2D eigenvalue weighted by Crippen LogP contribution is -1.61. The van der Waals surface area contributed by atoms with Gasteiger partial charge in [-0.05, 0) is 9.66 Å². The summed E-state index contributed by atoms with van der Waals surface area (Å²) in [5.74, 6) is 5.65. The van der Waals surface area contributed by atoms with Gasteiger partial charge >= 0.3 is 0 Å². The number of unbranched alkanes of at least 4 members (excludes halogenated alkanes) is 1. The molecule has 0 heterocycles. The third-order valence-electron chi connectivity index (χ3n) is 0.509. The predicted molar refractivity (Wildman–Crippen MR) is 42.6 cm³/mol. The SMILES string of the molecule is BrC#CCCC#CBr. The van der Waals surface area contributed by atoms with Crippen LogP contribution in [0.4, 0.5) is 0 Å². The summed E-state index contributed by atoms with van der Waals surface area (Å²) in [5, 5.41) is 0. The van der Waals surface area contributed by atoms with Crippen molar-refractivity contribution in [1.82, 2.24) is 0 Å². The average molecular weight is 236 g/mol. The number of hydrogen-bond donors (Lipinski definition) is 0. The Morgan fingerprint density at radius 1 is 0.875 bits per heavy atom. The highest BCUT2D eigenvalue weighted by Gasteiger charge is 1.70. The number of halogens is 2. The molecule has 2 heteroatoms. The van der Waals surface area contributed by atoms with Crippen LogP contribution in [0.3, 0.4) is 0 Å². The fourth-order valence-electron chi connectivity index (χ4n) is 0.219. The van der Waals surface area contributed by atoms with Gasteiger partial charge in [-0.3, -0.25) is 0 Å². The first-order valence-corrected chi connectivity index (χ1v) is 3.67. The molecule has 0 amide bonds. The van der Waals surface area contributed by atoms with Crippen molar-refractivity contribution in [1.29, 1.82) is 0 Å². The van der Waals surface area contributed by atoms with Gasteiger partial charge in [-0.15, -0.1) is 0 Å². The topological polar surface area (TPSA) is 0 Å². The molecule has 0 N–H and O–H groups in total. The molecule has 0 bridgehead atoms. The van der Waals surface area contributed by atoms with Gasteiger partial charge in [-0.2, -0.15) is 0 Å². The first-order valence-electron chi connectivity index (χ1n) is 2.09. The van der Waals surface area contributed by atoms with E-state index in [2.05, 4.69) is 53.4 Å². The van der Waals surface area contributed by atoms with Crippen LogP contribution >= 0.6 is 31.9 Å². The van der Waals surface area contributed by atoms with Crippen LogP contribution in [-0.2, 0) is 0 Å². The Morgan fingerprint density at radius 3 is 1.50 bits per heavy atom. The predicted octanol–water partition coefficient (Wildman–Crippen LogP) is 2.48. The number of rotatable bonds is 1. The van der Waals surface area contributed by atoms with Crippen LogP contribution in [0.1, 0.15) is 12.8 Å². The Balaban J connectivity index is 3.10. The van der Waals surface area contributed by atoms with Crippen LogP contribution in [0, 0.1) is 21.5 Å². The van der Waals surface area contributed by atoms with Crippen LogP contribution in [0.5, 0.6) is 0 Å². The van der Waals surface area contributed by atoms with Crippen molar-refractivity contribution in [2.45, 2.75) is 12.8 Å². The van der Waals surface area contributed by atoms with Gasteiger partial charge in [0.15, 0.2) is 0 Å². The summed E-state index contributed by atoms with van der Waals surface area (Å²) in [6.45, 7) is 0. The van der Waals surface area contributed by atoms with Crippen molar-refractivity contribution in [3.05, 3.63) is 0 Å². The molecule has 0 aromatic rings. The third kappa shape index (κ3) is 6.08. The maximum atomic E-state index is 2.98. The highest BCUT2D eigenvalue weighted by molar-refractivity contribution is 9.12. The van der Waals surface area contributed by atoms with Gasteiger partial charge in [0.25, 0.3) is 0 Å². The summed E-state index contributed by atoms with van der Waals surface area (Å²) in [6.07, 6.45) is 1.67. The summed E-state index contributed by atoms with van der Waals surface area (Å²) in [6, 6.07) is 0. The van der Waals surface area contributed by atoms with E-state index in [0.29, 0.717) is 0 Å². The second kappa shape index (κ2) is 7.08. The second-order valence-corrected chi connectivity index (χ2v) is 1.84. The van der Waals surface area contributed by atoms with E-state index in [1.165, 1.54) is 0 Å². The quantitative estimate of drug-likeness (QED) is 0.484. The molecule has 0 unspecified atom stereocenters. The van der Waals surface area contributed by atoms with Crippen LogP contribution in [-0.4, -0.2) is 0 Å². The Kier molecular flexibility index (Phi) is 7.15. The zero-order chi connectivity index (χ0) is 6.24. The molecule has 0 aromatic carbocycles. The van der Waals surface area contributed by atoms with Crippen molar-refractivity contribution in [3.63, 3.8) is 0 Å². The lowest BCUT2D eigenvalue weighted by atomic mass is 10.3. The van der Waals surface area contributed by atoms with Crippen molar-refractivity contribution < 1.29 is 0 Å². The Hall–Kier alpha value is 0.0800. The van der Waals surface area contributed by atoms with Gasteiger partial charge in [-0.1, -0.05) is 11.8 Å². The maximum absolute atomic E-state index is 2.98. The molecule has 0 saturated heterocycles. The molecule has 0 spiro atoms. The molecule has 0 aromatic heterocycles. The lowest BCUT2D eigenvalue weighted by molar-refractivity contribution is 1.12. The number of hydrogen-bond acceptors (Lipinski definition) is 0. The zero-order valence-electron chi connectivity index (χ0n) is 4.17.